The Balaban J connectivity index is 1.52. The molecular formula is C28H29N5O4S. The molecule has 196 valence electrons. The molecule has 4 aromatic heterocycles. The van der Waals surface area contributed by atoms with Gasteiger partial charge in [0.1, 0.15) is 21.8 Å². The molecule has 9 nitrogen and oxygen atoms in total. The molecule has 1 fully saturated rings. The lowest BCUT2D eigenvalue weighted by Crippen LogP contribution is -2.35. The third-order valence-electron chi connectivity index (χ3n) is 7.73. The van der Waals surface area contributed by atoms with Crippen LogP contribution in [0.4, 0.5) is 5.00 Å². The van der Waals surface area contributed by atoms with Gasteiger partial charge >= 0.3 is 5.97 Å². The molecule has 0 saturated heterocycles. The van der Waals surface area contributed by atoms with E-state index in [1.54, 1.807) is 22.9 Å². The summed E-state index contributed by atoms with van der Waals surface area (Å²) < 4.78 is 8.28. The number of fused-ring (bicyclic) bond motifs is 3. The van der Waals surface area contributed by atoms with Gasteiger partial charge in [-0.2, -0.15) is 0 Å². The highest BCUT2D eigenvalue weighted by atomic mass is 32.1. The number of hydrogen-bond donors (Lipinski definition) is 2. The first kappa shape index (κ1) is 24.5. The van der Waals surface area contributed by atoms with Gasteiger partial charge in [-0.15, -0.1) is 11.3 Å². The standard InChI is InChI=1S/C28H29N5O4S/c1-37-28(36)22-17-11-5-6-12-20(17)38-26(22)31-25(34)18-15-19-24(30-21-13-7-8-14-32(21)27(19)35)33(23(18)29)16-9-3-2-4-10-16/h7-8,13-16,29H,2-6,9-12H2,1H3,(H,31,34). The summed E-state index contributed by atoms with van der Waals surface area (Å²) in [5, 5.41) is 12.7. The van der Waals surface area contributed by atoms with E-state index in [4.69, 9.17) is 15.1 Å². The Morgan fingerprint density at radius 1 is 1.13 bits per heavy atom. The number of rotatable bonds is 4. The van der Waals surface area contributed by atoms with Gasteiger partial charge in [-0.1, -0.05) is 25.3 Å². The number of esters is 1. The van der Waals surface area contributed by atoms with E-state index >= 15 is 0 Å². The number of nitrogens with one attached hydrogen (secondary N) is 2. The van der Waals surface area contributed by atoms with Crippen LogP contribution in [0, 0.1) is 5.41 Å². The van der Waals surface area contributed by atoms with Crippen LogP contribution in [0.25, 0.3) is 16.7 Å². The molecule has 38 heavy (non-hydrogen) atoms. The molecule has 0 spiro atoms. The number of carbonyl (C=O) groups is 2. The minimum absolute atomic E-state index is 0.0232. The van der Waals surface area contributed by atoms with Crippen LogP contribution in [0.1, 0.15) is 82.1 Å². The maximum absolute atomic E-state index is 13.7. The number of hydrogen-bond acceptors (Lipinski definition) is 7. The molecule has 1 saturated carbocycles. The number of methoxy groups -OCH3 is 1. The predicted octanol–water partition coefficient (Wildman–Crippen LogP) is 4.61. The lowest BCUT2D eigenvalue weighted by Gasteiger charge is -2.26. The molecule has 2 aliphatic rings. The summed E-state index contributed by atoms with van der Waals surface area (Å²) in [5.41, 5.74) is 2.09. The number of aryl methyl sites for hydroxylation is 1. The molecule has 2 aliphatic carbocycles. The molecule has 1 amide bonds. The highest BCUT2D eigenvalue weighted by Gasteiger charge is 2.29. The number of thiophene rings is 1. The van der Waals surface area contributed by atoms with E-state index in [0.717, 1.165) is 68.2 Å². The monoisotopic (exact) mass is 531 g/mol. The number of carbonyl (C=O) groups excluding carboxylic acids is 2. The summed E-state index contributed by atoms with van der Waals surface area (Å²) in [6.45, 7) is 0. The quantitative estimate of drug-likeness (QED) is 0.294. The molecule has 0 bridgehead atoms. The van der Waals surface area contributed by atoms with Gasteiger partial charge in [0.2, 0.25) is 0 Å². The van der Waals surface area contributed by atoms with Gasteiger partial charge in [-0.05, 0) is 62.3 Å². The van der Waals surface area contributed by atoms with E-state index < -0.39 is 11.9 Å². The van der Waals surface area contributed by atoms with Crippen LogP contribution in [-0.4, -0.2) is 32.9 Å². The van der Waals surface area contributed by atoms with Crippen LogP contribution in [-0.2, 0) is 17.6 Å². The number of amides is 1. The van der Waals surface area contributed by atoms with Gasteiger partial charge in [0.05, 0.1) is 23.6 Å². The maximum atomic E-state index is 13.7. The van der Waals surface area contributed by atoms with Gasteiger partial charge in [0.15, 0.2) is 0 Å². The van der Waals surface area contributed by atoms with E-state index in [0.29, 0.717) is 27.2 Å². The van der Waals surface area contributed by atoms with Crippen LogP contribution >= 0.6 is 11.3 Å². The zero-order valence-corrected chi connectivity index (χ0v) is 22.0. The molecule has 0 radical (unpaired) electrons. The average Bonchev–Trinajstić information content (AvgIpc) is 3.30. The van der Waals surface area contributed by atoms with Crippen LogP contribution in [0.5, 0.6) is 0 Å². The first-order chi connectivity index (χ1) is 18.5. The zero-order chi connectivity index (χ0) is 26.4. The van der Waals surface area contributed by atoms with Crippen LogP contribution in [0.3, 0.4) is 0 Å². The number of nitrogens with zero attached hydrogens (tertiary/aromatic N) is 3. The Labute approximate surface area is 222 Å². The lowest BCUT2D eigenvalue weighted by atomic mass is 9.94. The maximum Gasteiger partial charge on any atom is 0.341 e. The van der Waals surface area contributed by atoms with E-state index in [1.165, 1.54) is 28.9 Å². The Hall–Kier alpha value is -3.79. The first-order valence-electron chi connectivity index (χ1n) is 13.1. The highest BCUT2D eigenvalue weighted by Crippen LogP contribution is 2.39. The molecule has 0 aliphatic heterocycles. The van der Waals surface area contributed by atoms with Gasteiger partial charge in [0.25, 0.3) is 11.5 Å². The molecular weight excluding hydrogens is 502 g/mol. The summed E-state index contributed by atoms with van der Waals surface area (Å²) in [4.78, 5) is 45.8. The topological polar surface area (TPSA) is 119 Å². The Morgan fingerprint density at radius 2 is 1.92 bits per heavy atom. The fraction of sp³-hybridized carbons (Fsp3) is 0.393. The van der Waals surface area contributed by atoms with Gasteiger partial charge < -0.3 is 14.6 Å². The van der Waals surface area contributed by atoms with Crippen molar-refractivity contribution in [2.24, 2.45) is 0 Å². The van der Waals surface area contributed by atoms with Gasteiger partial charge in [0, 0.05) is 17.1 Å². The highest BCUT2D eigenvalue weighted by molar-refractivity contribution is 7.17. The molecule has 6 rings (SSSR count). The van der Waals surface area contributed by atoms with E-state index in [-0.39, 0.29) is 22.7 Å². The lowest BCUT2D eigenvalue weighted by molar-refractivity contribution is 0.0601. The van der Waals surface area contributed by atoms with Crippen molar-refractivity contribution >= 4 is 44.9 Å². The molecule has 0 atom stereocenters. The number of pyridine rings is 2. The minimum Gasteiger partial charge on any atom is -0.465 e. The fourth-order valence-corrected chi connectivity index (χ4v) is 7.13. The summed E-state index contributed by atoms with van der Waals surface area (Å²) in [6.07, 6.45) is 10.2. The Morgan fingerprint density at radius 3 is 2.71 bits per heavy atom. The van der Waals surface area contributed by atoms with E-state index in [2.05, 4.69) is 5.32 Å². The Kier molecular flexibility index (Phi) is 6.35. The second-order valence-electron chi connectivity index (χ2n) is 10.0. The van der Waals surface area contributed by atoms with Gasteiger partial charge in [-0.3, -0.25) is 19.4 Å². The summed E-state index contributed by atoms with van der Waals surface area (Å²) in [5.74, 6) is -1.00. The second-order valence-corrected chi connectivity index (χ2v) is 11.1. The summed E-state index contributed by atoms with van der Waals surface area (Å²) in [6, 6.07) is 6.80. The third kappa shape index (κ3) is 4.03. The first-order valence-corrected chi connectivity index (χ1v) is 13.9. The fourth-order valence-electron chi connectivity index (χ4n) is 5.86. The van der Waals surface area contributed by atoms with E-state index in [1.807, 2.05) is 6.07 Å². The van der Waals surface area contributed by atoms with Crippen molar-refractivity contribution in [3.05, 3.63) is 67.9 Å². The molecule has 2 N–H and O–H groups in total. The smallest absolute Gasteiger partial charge is 0.341 e. The van der Waals surface area contributed by atoms with E-state index in [9.17, 15) is 14.4 Å². The van der Waals surface area contributed by atoms with Crippen LogP contribution in [0.15, 0.2) is 35.3 Å². The molecule has 4 heterocycles. The van der Waals surface area contributed by atoms with Crippen molar-refractivity contribution in [3.8, 4) is 0 Å². The largest absolute Gasteiger partial charge is 0.465 e. The predicted molar refractivity (Wildman–Crippen MR) is 145 cm³/mol. The zero-order valence-electron chi connectivity index (χ0n) is 21.2. The Bertz CT molecular complexity index is 1710. The summed E-state index contributed by atoms with van der Waals surface area (Å²) >= 11 is 1.40. The van der Waals surface area contributed by atoms with Crippen molar-refractivity contribution < 1.29 is 14.3 Å². The third-order valence-corrected chi connectivity index (χ3v) is 8.94. The molecule has 0 aromatic carbocycles. The van der Waals surface area contributed by atoms with Crippen molar-refractivity contribution in [2.45, 2.75) is 63.8 Å². The van der Waals surface area contributed by atoms with Crippen molar-refractivity contribution in [1.82, 2.24) is 14.0 Å². The summed E-state index contributed by atoms with van der Waals surface area (Å²) in [7, 11) is 1.34. The number of ether oxygens (including phenoxy) is 1. The van der Waals surface area contributed by atoms with Crippen LogP contribution < -0.4 is 16.4 Å². The van der Waals surface area contributed by atoms with Crippen molar-refractivity contribution in [3.63, 3.8) is 0 Å². The van der Waals surface area contributed by atoms with Crippen molar-refractivity contribution in [2.75, 3.05) is 12.4 Å². The minimum atomic E-state index is -0.525. The molecule has 4 aromatic rings. The number of aromatic nitrogens is 3. The van der Waals surface area contributed by atoms with Gasteiger partial charge in [-0.25, -0.2) is 9.78 Å². The molecule has 10 heteroatoms. The second kappa shape index (κ2) is 9.83. The SMILES string of the molecule is COC(=O)c1c(NC(=O)c2cc3c(=O)n4ccccc4nc3n(C3CCCCC3)c2=N)sc2c1CCCC2. The normalized spacial score (nSPS) is 15.9. The number of anilines is 1. The average molecular weight is 532 g/mol. The molecule has 0 unspecified atom stereocenters. The van der Waals surface area contributed by atoms with Crippen LogP contribution in [0.2, 0.25) is 0 Å². The van der Waals surface area contributed by atoms with Crippen molar-refractivity contribution in [1.29, 1.82) is 5.41 Å².